The van der Waals surface area contributed by atoms with Crippen LogP contribution in [0.1, 0.15) is 5.56 Å². The number of carbonyl (C=O) groups excluding carboxylic acids is 2. The molecule has 2 aliphatic rings. The number of hydrogen-bond donors (Lipinski definition) is 0. The lowest BCUT2D eigenvalue weighted by Gasteiger charge is -2.32. The van der Waals surface area contributed by atoms with E-state index in [2.05, 4.69) is 15.9 Å². The van der Waals surface area contributed by atoms with E-state index in [0.717, 1.165) is 21.4 Å². The Morgan fingerprint density at radius 2 is 1.78 bits per heavy atom. The molecule has 1 atom stereocenters. The number of hydrogen-bond acceptors (Lipinski definition) is 3. The van der Waals surface area contributed by atoms with Gasteiger partial charge in [0.05, 0.1) is 11.4 Å². The number of rotatable bonds is 1. The van der Waals surface area contributed by atoms with E-state index >= 15 is 0 Å². The SMILES string of the molecule is CN1C(=O)C2(SCC(=O)N2c2ccc(Br)cc2)c2ccccc21. The number of benzene rings is 2. The van der Waals surface area contributed by atoms with Crippen molar-refractivity contribution < 1.29 is 9.59 Å². The molecule has 0 bridgehead atoms. The molecule has 1 fully saturated rings. The Morgan fingerprint density at radius 1 is 1.09 bits per heavy atom. The van der Waals surface area contributed by atoms with Gasteiger partial charge in [0, 0.05) is 22.8 Å². The van der Waals surface area contributed by atoms with Gasteiger partial charge >= 0.3 is 0 Å². The van der Waals surface area contributed by atoms with E-state index in [9.17, 15) is 9.59 Å². The zero-order valence-electron chi connectivity index (χ0n) is 12.3. The maximum Gasteiger partial charge on any atom is 0.268 e. The van der Waals surface area contributed by atoms with Crippen LogP contribution < -0.4 is 9.80 Å². The summed E-state index contributed by atoms with van der Waals surface area (Å²) in [7, 11) is 1.76. The Kier molecular flexibility index (Phi) is 3.28. The largest absolute Gasteiger partial charge is 0.312 e. The maximum absolute atomic E-state index is 13.1. The summed E-state index contributed by atoms with van der Waals surface area (Å²) in [6, 6.07) is 15.2. The molecule has 2 heterocycles. The molecule has 2 aromatic rings. The first kappa shape index (κ1) is 14.8. The van der Waals surface area contributed by atoms with E-state index in [1.807, 2.05) is 48.5 Å². The van der Waals surface area contributed by atoms with Gasteiger partial charge in [-0.2, -0.15) is 0 Å². The summed E-state index contributed by atoms with van der Waals surface area (Å²) in [5.74, 6) is 0.178. The number of anilines is 2. The van der Waals surface area contributed by atoms with Gasteiger partial charge in [-0.15, -0.1) is 11.8 Å². The van der Waals surface area contributed by atoms with Crippen LogP contribution in [0.15, 0.2) is 53.0 Å². The van der Waals surface area contributed by atoms with Gasteiger partial charge < -0.3 is 4.90 Å². The smallest absolute Gasteiger partial charge is 0.268 e. The number of likely N-dealkylation sites (N-methyl/N-ethyl adjacent to an activating group) is 1. The first-order chi connectivity index (χ1) is 11.1. The fourth-order valence-corrected chi connectivity index (χ4v) is 4.90. The minimum absolute atomic E-state index is 0.0456. The molecule has 116 valence electrons. The van der Waals surface area contributed by atoms with E-state index in [-0.39, 0.29) is 11.8 Å². The highest BCUT2D eigenvalue weighted by Crippen LogP contribution is 2.55. The van der Waals surface area contributed by atoms with E-state index in [1.54, 1.807) is 16.8 Å². The zero-order valence-corrected chi connectivity index (χ0v) is 14.7. The Morgan fingerprint density at radius 3 is 2.52 bits per heavy atom. The van der Waals surface area contributed by atoms with Gasteiger partial charge in [-0.05, 0) is 30.3 Å². The van der Waals surface area contributed by atoms with Crippen LogP contribution in [0.5, 0.6) is 0 Å². The van der Waals surface area contributed by atoms with Crippen LogP contribution in [0, 0.1) is 0 Å². The second kappa shape index (κ2) is 5.11. The highest BCUT2D eigenvalue weighted by atomic mass is 79.9. The predicted octanol–water partition coefficient (Wildman–Crippen LogP) is 3.36. The van der Waals surface area contributed by atoms with Crippen molar-refractivity contribution in [3.8, 4) is 0 Å². The van der Waals surface area contributed by atoms with E-state index in [1.165, 1.54) is 11.8 Å². The van der Waals surface area contributed by atoms with Crippen LogP contribution in [0.2, 0.25) is 0 Å². The van der Waals surface area contributed by atoms with Crippen LogP contribution in [-0.4, -0.2) is 24.6 Å². The lowest BCUT2D eigenvalue weighted by Crippen LogP contribution is -2.49. The fourth-order valence-electron chi connectivity index (χ4n) is 3.25. The summed E-state index contributed by atoms with van der Waals surface area (Å²) < 4.78 is 0.935. The molecule has 2 aromatic carbocycles. The summed E-state index contributed by atoms with van der Waals surface area (Å²) in [4.78, 5) is 28.0. The molecule has 0 aliphatic carbocycles. The Bertz CT molecular complexity index is 824. The molecule has 0 saturated carbocycles. The van der Waals surface area contributed by atoms with Crippen molar-refractivity contribution >= 4 is 50.9 Å². The standard InChI is InChI=1S/C17H13BrN2O2S/c1-19-14-5-3-2-4-13(14)17(16(19)22)20(15(21)10-23-17)12-8-6-11(18)7-9-12/h2-9H,10H2,1H3. The molecule has 0 N–H and O–H groups in total. The lowest BCUT2D eigenvalue weighted by atomic mass is 10.0. The van der Waals surface area contributed by atoms with Crippen LogP contribution >= 0.6 is 27.7 Å². The number of fused-ring (bicyclic) bond motifs is 2. The third-order valence-electron chi connectivity index (χ3n) is 4.28. The number of carbonyl (C=O) groups is 2. The normalized spacial score (nSPS) is 23.0. The summed E-state index contributed by atoms with van der Waals surface area (Å²) in [6.07, 6.45) is 0. The van der Waals surface area contributed by atoms with Gasteiger partial charge in [0.2, 0.25) is 10.8 Å². The first-order valence-corrected chi connectivity index (χ1v) is 8.94. The first-order valence-electron chi connectivity index (χ1n) is 7.16. The van der Waals surface area contributed by atoms with Crippen LogP contribution in [0.3, 0.4) is 0 Å². The molecule has 2 aliphatic heterocycles. The molecular weight excluding hydrogens is 376 g/mol. The predicted molar refractivity (Wildman–Crippen MR) is 95.6 cm³/mol. The van der Waals surface area contributed by atoms with Gasteiger partial charge in [-0.3, -0.25) is 14.5 Å². The number of halogens is 1. The lowest BCUT2D eigenvalue weighted by molar-refractivity contribution is -0.123. The van der Waals surface area contributed by atoms with Crippen LogP contribution in [-0.2, 0) is 14.5 Å². The third-order valence-corrected chi connectivity index (χ3v) is 6.19. The summed E-state index contributed by atoms with van der Waals surface area (Å²) in [5, 5.41) is 0. The highest BCUT2D eigenvalue weighted by Gasteiger charge is 2.60. The zero-order chi connectivity index (χ0) is 16.2. The molecule has 23 heavy (non-hydrogen) atoms. The van der Waals surface area contributed by atoms with Gasteiger partial charge in [-0.25, -0.2) is 0 Å². The number of para-hydroxylation sites is 1. The van der Waals surface area contributed by atoms with Crippen molar-refractivity contribution in [1.29, 1.82) is 0 Å². The number of thioether (sulfide) groups is 1. The molecule has 0 aromatic heterocycles. The molecule has 1 spiro atoms. The molecule has 2 amide bonds. The Labute approximate surface area is 146 Å². The van der Waals surface area contributed by atoms with Gasteiger partial charge in [0.25, 0.3) is 5.91 Å². The van der Waals surface area contributed by atoms with Crippen molar-refractivity contribution in [2.75, 3.05) is 22.6 Å². The Balaban J connectivity index is 1.94. The quantitative estimate of drug-likeness (QED) is 0.751. The minimum atomic E-state index is -0.990. The summed E-state index contributed by atoms with van der Waals surface area (Å²) in [6.45, 7) is 0. The molecular formula is C17H13BrN2O2S. The van der Waals surface area contributed by atoms with Crippen molar-refractivity contribution in [2.45, 2.75) is 4.87 Å². The van der Waals surface area contributed by atoms with E-state index in [4.69, 9.17) is 0 Å². The molecule has 4 rings (SSSR count). The second-order valence-corrected chi connectivity index (χ2v) is 7.60. The van der Waals surface area contributed by atoms with Gasteiger partial charge in [-0.1, -0.05) is 34.1 Å². The third kappa shape index (κ3) is 1.91. The van der Waals surface area contributed by atoms with Gasteiger partial charge in [0.1, 0.15) is 0 Å². The molecule has 6 heteroatoms. The van der Waals surface area contributed by atoms with Crippen molar-refractivity contribution in [3.05, 3.63) is 58.6 Å². The van der Waals surface area contributed by atoms with Crippen molar-refractivity contribution in [1.82, 2.24) is 0 Å². The van der Waals surface area contributed by atoms with Crippen molar-refractivity contribution in [2.24, 2.45) is 0 Å². The highest BCUT2D eigenvalue weighted by molar-refractivity contribution is 9.10. The average molecular weight is 389 g/mol. The van der Waals surface area contributed by atoms with Crippen molar-refractivity contribution in [3.63, 3.8) is 0 Å². The van der Waals surface area contributed by atoms with E-state index < -0.39 is 4.87 Å². The Hall–Kier alpha value is -1.79. The number of amides is 2. The molecule has 4 nitrogen and oxygen atoms in total. The summed E-state index contributed by atoms with van der Waals surface area (Å²) in [5.41, 5.74) is 2.48. The average Bonchev–Trinajstić information content (AvgIpc) is 3.01. The molecule has 1 unspecified atom stereocenters. The monoisotopic (exact) mass is 388 g/mol. The second-order valence-electron chi connectivity index (χ2n) is 5.52. The van der Waals surface area contributed by atoms with E-state index in [0.29, 0.717) is 5.75 Å². The van der Waals surface area contributed by atoms with Crippen LogP contribution in [0.25, 0.3) is 0 Å². The minimum Gasteiger partial charge on any atom is -0.312 e. The number of nitrogens with zero attached hydrogens (tertiary/aromatic N) is 2. The molecule has 0 radical (unpaired) electrons. The van der Waals surface area contributed by atoms with Crippen LogP contribution in [0.4, 0.5) is 11.4 Å². The molecule has 1 saturated heterocycles. The maximum atomic E-state index is 13.1. The fraction of sp³-hybridized carbons (Fsp3) is 0.176. The summed E-state index contributed by atoms with van der Waals surface area (Å²) >= 11 is 4.80. The van der Waals surface area contributed by atoms with Gasteiger partial charge in [0.15, 0.2) is 0 Å². The topological polar surface area (TPSA) is 40.6 Å².